The number of benzene rings is 1. The topological polar surface area (TPSA) is 87.8 Å². The highest BCUT2D eigenvalue weighted by atomic mass is 19.1. The summed E-state index contributed by atoms with van der Waals surface area (Å²) < 4.78 is 19.2. The van der Waals surface area contributed by atoms with E-state index in [0.29, 0.717) is 18.8 Å². The van der Waals surface area contributed by atoms with Gasteiger partial charge in [-0.3, -0.25) is 0 Å². The highest BCUT2D eigenvalue weighted by Gasteiger charge is 2.18. The molecule has 1 aromatic carbocycles. The van der Waals surface area contributed by atoms with Crippen LogP contribution in [0, 0.1) is 5.82 Å². The molecule has 0 radical (unpaired) electrons. The van der Waals surface area contributed by atoms with E-state index in [1.807, 2.05) is 7.05 Å². The molecule has 4 N–H and O–H groups in total. The summed E-state index contributed by atoms with van der Waals surface area (Å²) in [6.45, 7) is 2.81. The van der Waals surface area contributed by atoms with Crippen LogP contribution < -0.4 is 11.1 Å². The lowest BCUT2D eigenvalue weighted by Crippen LogP contribution is -2.43. The van der Waals surface area contributed by atoms with Crippen LogP contribution in [0.5, 0.6) is 0 Å². The van der Waals surface area contributed by atoms with Crippen molar-refractivity contribution in [2.45, 2.75) is 6.10 Å². The summed E-state index contributed by atoms with van der Waals surface area (Å²) in [4.78, 5) is 12.9. The average Bonchev–Trinajstić information content (AvgIpc) is 2.39. The Balaban J connectivity index is 2.02. The van der Waals surface area contributed by atoms with E-state index in [4.69, 9.17) is 15.6 Å². The lowest BCUT2D eigenvalue weighted by atomic mass is 10.1. The Kier molecular flexibility index (Phi) is 4.41. The van der Waals surface area contributed by atoms with Crippen molar-refractivity contribution in [1.29, 1.82) is 0 Å². The molecule has 0 saturated carbocycles. The van der Waals surface area contributed by atoms with Crippen LogP contribution in [0.1, 0.15) is 10.4 Å². The highest BCUT2D eigenvalue weighted by Crippen LogP contribution is 2.23. The number of anilines is 2. The summed E-state index contributed by atoms with van der Waals surface area (Å²) in [5.74, 6) is -2.14. The molecule has 1 fully saturated rings. The van der Waals surface area contributed by atoms with E-state index in [0.717, 1.165) is 25.2 Å². The second-order valence-corrected chi connectivity index (χ2v) is 4.86. The summed E-state index contributed by atoms with van der Waals surface area (Å²) in [6, 6.07) is 2.22. The van der Waals surface area contributed by atoms with Gasteiger partial charge in [0.1, 0.15) is 5.82 Å². The fourth-order valence-electron chi connectivity index (χ4n) is 2.12. The van der Waals surface area contributed by atoms with Gasteiger partial charge in [0.2, 0.25) is 0 Å². The molecule has 1 aliphatic rings. The van der Waals surface area contributed by atoms with Gasteiger partial charge in [0.25, 0.3) is 0 Å². The fraction of sp³-hybridized carbons (Fsp3) is 0.462. The molecule has 110 valence electrons. The number of nitrogens with zero attached hydrogens (tertiary/aromatic N) is 1. The van der Waals surface area contributed by atoms with Gasteiger partial charge in [0.15, 0.2) is 0 Å². The van der Waals surface area contributed by atoms with Gasteiger partial charge in [-0.15, -0.1) is 0 Å². The first-order valence-electron chi connectivity index (χ1n) is 6.33. The lowest BCUT2D eigenvalue weighted by molar-refractivity contribution is -0.0117. The molecule has 1 aromatic rings. The standard InChI is InChI=1S/C13H18FN3O3/c1-17-2-3-20-8(7-17)6-16-12-5-10(14)9(13(18)19)4-11(12)15/h4-5,8,16H,2-3,6-7,15H2,1H3,(H,18,19). The fourth-order valence-corrected chi connectivity index (χ4v) is 2.12. The zero-order valence-electron chi connectivity index (χ0n) is 11.2. The third kappa shape index (κ3) is 3.37. The molecule has 7 heteroatoms. The van der Waals surface area contributed by atoms with Crippen molar-refractivity contribution in [1.82, 2.24) is 4.90 Å². The van der Waals surface area contributed by atoms with Crippen molar-refractivity contribution in [3.63, 3.8) is 0 Å². The maximum atomic E-state index is 13.6. The number of hydrogen-bond donors (Lipinski definition) is 3. The van der Waals surface area contributed by atoms with E-state index < -0.39 is 17.3 Å². The molecule has 0 bridgehead atoms. The molecule has 1 unspecified atom stereocenters. The number of nitrogens with one attached hydrogen (secondary N) is 1. The number of halogens is 1. The van der Waals surface area contributed by atoms with Gasteiger partial charge in [-0.2, -0.15) is 0 Å². The van der Waals surface area contributed by atoms with Crippen LogP contribution in [-0.2, 0) is 4.74 Å². The summed E-state index contributed by atoms with van der Waals surface area (Å²) in [6.07, 6.45) is -0.00429. The number of carbonyl (C=O) groups is 1. The van der Waals surface area contributed by atoms with Gasteiger partial charge in [-0.05, 0) is 19.2 Å². The smallest absolute Gasteiger partial charge is 0.338 e. The predicted octanol–water partition coefficient (Wildman–Crippen LogP) is 0.849. The molecule has 1 saturated heterocycles. The number of hydrogen-bond acceptors (Lipinski definition) is 5. The van der Waals surface area contributed by atoms with E-state index in [9.17, 15) is 9.18 Å². The third-order valence-corrected chi connectivity index (χ3v) is 3.23. The SMILES string of the molecule is CN1CCOC(CNc2cc(F)c(C(=O)O)cc2N)C1. The first-order chi connectivity index (χ1) is 9.47. The minimum Gasteiger partial charge on any atom is -0.478 e. The third-order valence-electron chi connectivity index (χ3n) is 3.23. The number of nitrogens with two attached hydrogens (primary N) is 1. The first kappa shape index (κ1) is 14.5. The molecule has 1 heterocycles. The number of rotatable bonds is 4. The molecule has 0 aliphatic carbocycles. The molecule has 6 nitrogen and oxygen atoms in total. The van der Waals surface area contributed by atoms with Gasteiger partial charge in [-0.25, -0.2) is 9.18 Å². The second-order valence-electron chi connectivity index (χ2n) is 4.86. The van der Waals surface area contributed by atoms with E-state index >= 15 is 0 Å². The van der Waals surface area contributed by atoms with Crippen molar-refractivity contribution in [2.24, 2.45) is 0 Å². The van der Waals surface area contributed by atoms with Crippen molar-refractivity contribution in [2.75, 3.05) is 44.3 Å². The summed E-state index contributed by atoms with van der Waals surface area (Å²) >= 11 is 0. The molecule has 1 aliphatic heterocycles. The first-order valence-corrected chi connectivity index (χ1v) is 6.33. The Morgan fingerprint density at radius 3 is 3.05 bits per heavy atom. The quantitative estimate of drug-likeness (QED) is 0.710. The van der Waals surface area contributed by atoms with Crippen LogP contribution in [0.25, 0.3) is 0 Å². The zero-order valence-corrected chi connectivity index (χ0v) is 11.2. The second kappa shape index (κ2) is 6.06. The number of carboxylic acid groups (broad SMARTS) is 1. The number of likely N-dealkylation sites (N-methyl/N-ethyl adjacent to an activating group) is 1. The Bertz CT molecular complexity index is 510. The van der Waals surface area contributed by atoms with E-state index in [1.165, 1.54) is 0 Å². The predicted molar refractivity (Wildman–Crippen MR) is 73.5 cm³/mol. The van der Waals surface area contributed by atoms with E-state index in [1.54, 1.807) is 0 Å². The van der Waals surface area contributed by atoms with Gasteiger partial charge in [0, 0.05) is 19.6 Å². The number of ether oxygens (including phenoxy) is 1. The monoisotopic (exact) mass is 283 g/mol. The largest absolute Gasteiger partial charge is 0.478 e. The van der Waals surface area contributed by atoms with Crippen molar-refractivity contribution in [3.05, 3.63) is 23.5 Å². The average molecular weight is 283 g/mol. The summed E-state index contributed by atoms with van der Waals surface area (Å²) in [5, 5.41) is 11.8. The maximum absolute atomic E-state index is 13.6. The molecule has 0 spiro atoms. The van der Waals surface area contributed by atoms with Crippen LogP contribution in [-0.4, -0.2) is 55.4 Å². The van der Waals surface area contributed by atoms with Crippen LogP contribution in [0.3, 0.4) is 0 Å². The van der Waals surface area contributed by atoms with Gasteiger partial charge < -0.3 is 25.8 Å². The van der Waals surface area contributed by atoms with Crippen molar-refractivity contribution >= 4 is 17.3 Å². The molecular weight excluding hydrogens is 265 g/mol. The maximum Gasteiger partial charge on any atom is 0.338 e. The van der Waals surface area contributed by atoms with E-state index in [2.05, 4.69) is 10.2 Å². The van der Waals surface area contributed by atoms with Gasteiger partial charge in [0.05, 0.1) is 29.6 Å². The number of aromatic carboxylic acids is 1. The Morgan fingerprint density at radius 1 is 1.65 bits per heavy atom. The van der Waals surface area contributed by atoms with Gasteiger partial charge in [-0.1, -0.05) is 0 Å². The molecule has 20 heavy (non-hydrogen) atoms. The minimum absolute atomic E-state index is 0.00429. The molecule has 0 aromatic heterocycles. The van der Waals surface area contributed by atoms with Crippen LogP contribution in [0.15, 0.2) is 12.1 Å². The van der Waals surface area contributed by atoms with Crippen LogP contribution >= 0.6 is 0 Å². The summed E-state index contributed by atoms with van der Waals surface area (Å²) in [5.41, 5.74) is 5.88. The van der Waals surface area contributed by atoms with Crippen molar-refractivity contribution in [3.8, 4) is 0 Å². The van der Waals surface area contributed by atoms with Crippen LogP contribution in [0.4, 0.5) is 15.8 Å². The zero-order chi connectivity index (χ0) is 14.7. The normalized spacial score (nSPS) is 19.8. The number of morpholine rings is 1. The molecule has 1 atom stereocenters. The Morgan fingerprint density at radius 2 is 2.40 bits per heavy atom. The van der Waals surface area contributed by atoms with Crippen LogP contribution in [0.2, 0.25) is 0 Å². The highest BCUT2D eigenvalue weighted by molar-refractivity contribution is 5.90. The molecule has 0 amide bonds. The molecular formula is C13H18FN3O3. The Labute approximate surface area is 116 Å². The van der Waals surface area contributed by atoms with Gasteiger partial charge >= 0.3 is 5.97 Å². The Hall–Kier alpha value is -1.86. The molecule has 2 rings (SSSR count). The summed E-state index contributed by atoms with van der Waals surface area (Å²) in [7, 11) is 2.01. The lowest BCUT2D eigenvalue weighted by Gasteiger charge is -2.30. The van der Waals surface area contributed by atoms with Crippen molar-refractivity contribution < 1.29 is 19.0 Å². The number of carboxylic acids is 1. The van der Waals surface area contributed by atoms with E-state index in [-0.39, 0.29) is 11.8 Å². The minimum atomic E-state index is -1.34. The number of nitrogen functional groups attached to an aromatic ring is 1.